The lowest BCUT2D eigenvalue weighted by Crippen LogP contribution is -2.33. The smallest absolute Gasteiger partial charge is 0.247 e. The maximum atomic E-state index is 13.4. The van der Waals surface area contributed by atoms with E-state index in [1.807, 2.05) is 30.3 Å². The molecule has 1 unspecified atom stereocenters. The van der Waals surface area contributed by atoms with Crippen LogP contribution in [-0.2, 0) is 11.3 Å². The average Bonchev–Trinajstić information content (AvgIpc) is 2.85. The molecule has 9 heteroatoms. The molecule has 0 aliphatic rings. The number of carbonyl (C=O) groups excluding carboxylic acids is 1. The third-order valence-corrected chi connectivity index (χ3v) is 5.12. The second-order valence-electron chi connectivity index (χ2n) is 7.20. The summed E-state index contributed by atoms with van der Waals surface area (Å²) in [6.07, 6.45) is 0. The molecule has 0 spiro atoms. The Hall–Kier alpha value is -3.91. The first kappa shape index (κ1) is 26.3. The van der Waals surface area contributed by atoms with Gasteiger partial charge in [0.1, 0.15) is 11.9 Å². The molecule has 3 aromatic carbocycles. The van der Waals surface area contributed by atoms with Crippen LogP contribution in [0.15, 0.2) is 66.7 Å². The molecule has 34 heavy (non-hydrogen) atoms. The second-order valence-corrected chi connectivity index (χ2v) is 7.20. The molecular formula is C25H29ClN4O4. The number of hydrogen-bond donors (Lipinski definition) is 4. The maximum Gasteiger partial charge on any atom is 0.247 e. The minimum absolute atomic E-state index is 0. The zero-order valence-corrected chi connectivity index (χ0v) is 20.1. The first-order valence-electron chi connectivity index (χ1n) is 10.3. The molecule has 0 bridgehead atoms. The van der Waals surface area contributed by atoms with Gasteiger partial charge in [0.2, 0.25) is 11.7 Å². The lowest BCUT2D eigenvalue weighted by molar-refractivity contribution is -0.122. The highest BCUT2D eigenvalue weighted by Crippen LogP contribution is 2.42. The molecular weight excluding hydrogens is 456 g/mol. The molecule has 5 N–H and O–H groups in total. The number of hydrogen-bond acceptors (Lipinski definition) is 6. The van der Waals surface area contributed by atoms with E-state index in [1.54, 1.807) is 36.4 Å². The molecule has 0 heterocycles. The minimum atomic E-state index is -0.799. The summed E-state index contributed by atoms with van der Waals surface area (Å²) in [6, 6.07) is 19.3. The van der Waals surface area contributed by atoms with Crippen molar-refractivity contribution in [3.05, 3.63) is 83.4 Å². The van der Waals surface area contributed by atoms with Crippen LogP contribution in [0.5, 0.6) is 17.2 Å². The Balaban J connectivity index is 0.00000408. The minimum Gasteiger partial charge on any atom is -0.493 e. The number of methoxy groups -OCH3 is 3. The van der Waals surface area contributed by atoms with Crippen molar-refractivity contribution < 1.29 is 19.0 Å². The summed E-state index contributed by atoms with van der Waals surface area (Å²) in [7, 11) is 4.57. The molecule has 180 valence electrons. The predicted octanol–water partition coefficient (Wildman–Crippen LogP) is 3.89. The fraction of sp³-hybridized carbons (Fsp3) is 0.200. The molecule has 0 radical (unpaired) electrons. The quantitative estimate of drug-likeness (QED) is 0.256. The predicted molar refractivity (Wildman–Crippen MR) is 135 cm³/mol. The summed E-state index contributed by atoms with van der Waals surface area (Å²) in [5, 5.41) is 13.8. The lowest BCUT2D eigenvalue weighted by atomic mass is 10.0. The average molecular weight is 485 g/mol. The van der Waals surface area contributed by atoms with Gasteiger partial charge in [-0.05, 0) is 42.0 Å². The van der Waals surface area contributed by atoms with E-state index in [0.717, 1.165) is 5.56 Å². The van der Waals surface area contributed by atoms with Gasteiger partial charge in [0, 0.05) is 23.4 Å². The third-order valence-electron chi connectivity index (χ3n) is 5.12. The van der Waals surface area contributed by atoms with Crippen molar-refractivity contribution >= 4 is 29.8 Å². The number of nitrogens with one attached hydrogen (secondary N) is 3. The Morgan fingerprint density at radius 2 is 1.56 bits per heavy atom. The number of ether oxygens (including phenoxy) is 3. The van der Waals surface area contributed by atoms with Gasteiger partial charge < -0.3 is 30.6 Å². The highest BCUT2D eigenvalue weighted by atomic mass is 35.5. The van der Waals surface area contributed by atoms with Gasteiger partial charge in [0.25, 0.3) is 0 Å². The molecule has 0 saturated heterocycles. The number of rotatable bonds is 10. The second kappa shape index (κ2) is 12.4. The lowest BCUT2D eigenvalue weighted by Gasteiger charge is -2.24. The fourth-order valence-corrected chi connectivity index (χ4v) is 3.44. The Morgan fingerprint density at radius 3 is 2.12 bits per heavy atom. The maximum absolute atomic E-state index is 13.4. The van der Waals surface area contributed by atoms with E-state index >= 15 is 0 Å². The fourth-order valence-electron chi connectivity index (χ4n) is 3.44. The van der Waals surface area contributed by atoms with E-state index in [4.69, 9.17) is 25.4 Å². The SMILES string of the molecule is COc1ccc(C(Nc2ccc(C(=N)N)cc2)C(=O)NCc2ccccc2)c(OC)c1OC.Cl. The zero-order chi connectivity index (χ0) is 23.8. The largest absolute Gasteiger partial charge is 0.493 e. The number of halogens is 1. The Morgan fingerprint density at radius 1 is 0.912 bits per heavy atom. The molecule has 3 aromatic rings. The van der Waals surface area contributed by atoms with Gasteiger partial charge in [-0.2, -0.15) is 0 Å². The number of benzene rings is 3. The van der Waals surface area contributed by atoms with Gasteiger partial charge in [-0.3, -0.25) is 10.2 Å². The van der Waals surface area contributed by atoms with Crippen LogP contribution < -0.4 is 30.6 Å². The topological polar surface area (TPSA) is 119 Å². The Bertz CT molecular complexity index is 1110. The highest BCUT2D eigenvalue weighted by molar-refractivity contribution is 5.95. The van der Waals surface area contributed by atoms with E-state index < -0.39 is 6.04 Å². The van der Waals surface area contributed by atoms with Crippen molar-refractivity contribution in [1.29, 1.82) is 5.41 Å². The third kappa shape index (κ3) is 6.11. The van der Waals surface area contributed by atoms with Gasteiger partial charge in [-0.15, -0.1) is 12.4 Å². The van der Waals surface area contributed by atoms with Crippen molar-refractivity contribution in [3.8, 4) is 17.2 Å². The monoisotopic (exact) mass is 484 g/mol. The molecule has 1 atom stereocenters. The summed E-state index contributed by atoms with van der Waals surface area (Å²) in [6.45, 7) is 0.372. The van der Waals surface area contributed by atoms with Crippen LogP contribution in [0.4, 0.5) is 5.69 Å². The van der Waals surface area contributed by atoms with Crippen LogP contribution in [0, 0.1) is 5.41 Å². The molecule has 0 saturated carbocycles. The molecule has 0 aliphatic carbocycles. The standard InChI is InChI=1S/C25H28N4O4.ClH/c1-31-20-14-13-19(22(32-2)23(20)33-3)21(25(30)28-15-16-7-5-4-6-8-16)29-18-11-9-17(10-12-18)24(26)27;/h4-14,21,29H,15H2,1-3H3,(H3,26,27)(H,28,30);1H. The number of carbonyl (C=O) groups is 1. The molecule has 8 nitrogen and oxygen atoms in total. The van der Waals surface area contributed by atoms with Gasteiger partial charge in [-0.25, -0.2) is 0 Å². The van der Waals surface area contributed by atoms with Crippen LogP contribution in [0.2, 0.25) is 0 Å². The summed E-state index contributed by atoms with van der Waals surface area (Å²) in [4.78, 5) is 13.4. The Kier molecular flexibility index (Phi) is 9.58. The molecule has 3 rings (SSSR count). The van der Waals surface area contributed by atoms with Gasteiger partial charge >= 0.3 is 0 Å². The van der Waals surface area contributed by atoms with Crippen molar-refractivity contribution in [3.63, 3.8) is 0 Å². The van der Waals surface area contributed by atoms with Crippen LogP contribution in [-0.4, -0.2) is 33.1 Å². The van der Waals surface area contributed by atoms with Crippen LogP contribution in [0.3, 0.4) is 0 Å². The van der Waals surface area contributed by atoms with Crippen LogP contribution in [0.1, 0.15) is 22.7 Å². The van der Waals surface area contributed by atoms with E-state index in [2.05, 4.69) is 10.6 Å². The molecule has 1 amide bonds. The van der Waals surface area contributed by atoms with E-state index in [9.17, 15) is 4.79 Å². The highest BCUT2D eigenvalue weighted by Gasteiger charge is 2.27. The number of nitrogens with two attached hydrogens (primary N) is 1. The van der Waals surface area contributed by atoms with Crippen molar-refractivity contribution in [2.45, 2.75) is 12.6 Å². The van der Waals surface area contributed by atoms with Gasteiger partial charge in [-0.1, -0.05) is 30.3 Å². The normalized spacial score (nSPS) is 10.9. The summed E-state index contributed by atoms with van der Waals surface area (Å²) < 4.78 is 16.5. The van der Waals surface area contributed by atoms with Crippen molar-refractivity contribution in [2.75, 3.05) is 26.6 Å². The number of amides is 1. The first-order chi connectivity index (χ1) is 16.0. The van der Waals surface area contributed by atoms with Gasteiger partial charge in [0.15, 0.2) is 11.5 Å². The number of nitrogen functional groups attached to an aromatic ring is 1. The van der Waals surface area contributed by atoms with E-state index in [0.29, 0.717) is 40.6 Å². The number of amidine groups is 1. The van der Waals surface area contributed by atoms with Crippen LogP contribution >= 0.6 is 12.4 Å². The summed E-state index contributed by atoms with van der Waals surface area (Å²) in [5.41, 5.74) is 8.38. The van der Waals surface area contributed by atoms with Crippen LogP contribution in [0.25, 0.3) is 0 Å². The van der Waals surface area contributed by atoms with Crippen molar-refractivity contribution in [1.82, 2.24) is 5.32 Å². The molecule has 0 fully saturated rings. The van der Waals surface area contributed by atoms with E-state index in [-0.39, 0.29) is 24.1 Å². The Labute approximate surface area is 205 Å². The first-order valence-corrected chi connectivity index (χ1v) is 10.3. The molecule has 0 aliphatic heterocycles. The molecule has 0 aromatic heterocycles. The number of anilines is 1. The zero-order valence-electron chi connectivity index (χ0n) is 19.3. The summed E-state index contributed by atoms with van der Waals surface area (Å²) >= 11 is 0. The van der Waals surface area contributed by atoms with E-state index in [1.165, 1.54) is 21.3 Å². The van der Waals surface area contributed by atoms with Crippen molar-refractivity contribution in [2.24, 2.45) is 5.73 Å². The van der Waals surface area contributed by atoms with Gasteiger partial charge in [0.05, 0.1) is 21.3 Å². The summed E-state index contributed by atoms with van der Waals surface area (Å²) in [5.74, 6) is 1.00.